The van der Waals surface area contributed by atoms with Crippen LogP contribution in [0.3, 0.4) is 0 Å². The molecule has 0 unspecified atom stereocenters. The van der Waals surface area contributed by atoms with E-state index in [0.717, 1.165) is 18.6 Å². The lowest BCUT2D eigenvalue weighted by molar-refractivity contribution is 0.0793. The molecule has 0 atom stereocenters. The molecule has 0 radical (unpaired) electrons. The smallest absolute Gasteiger partial charge is 0.253 e. The Morgan fingerprint density at radius 3 is 2.39 bits per heavy atom. The van der Waals surface area contributed by atoms with Crippen LogP contribution in [0, 0.1) is 0 Å². The van der Waals surface area contributed by atoms with E-state index < -0.39 is 0 Å². The van der Waals surface area contributed by atoms with Crippen molar-refractivity contribution in [2.75, 3.05) is 33.9 Å². The molecule has 2 amide bonds. The first kappa shape index (κ1) is 21.3. The summed E-state index contributed by atoms with van der Waals surface area (Å²) in [6, 6.07) is 14.0. The molecule has 1 N–H and O–H groups in total. The minimum Gasteiger partial charge on any atom is -0.497 e. The van der Waals surface area contributed by atoms with E-state index in [1.807, 2.05) is 24.3 Å². The van der Waals surface area contributed by atoms with Crippen LogP contribution in [0.2, 0.25) is 0 Å². The number of unbranched alkanes of at least 4 members (excludes halogenated alkanes) is 1. The van der Waals surface area contributed by atoms with Crippen molar-refractivity contribution in [3.05, 3.63) is 59.7 Å². The Morgan fingerprint density at radius 2 is 1.71 bits per heavy atom. The number of carbonyl (C=O) groups excluding carboxylic acids is 2. The first-order valence-corrected chi connectivity index (χ1v) is 9.45. The van der Waals surface area contributed by atoms with E-state index in [9.17, 15) is 9.59 Å². The summed E-state index contributed by atoms with van der Waals surface area (Å²) in [6.45, 7) is 3.49. The first-order valence-electron chi connectivity index (χ1n) is 9.45. The van der Waals surface area contributed by atoms with E-state index in [-0.39, 0.29) is 11.8 Å². The number of carbonyl (C=O) groups is 2. The molecule has 0 saturated carbocycles. The second kappa shape index (κ2) is 11.0. The third-order valence-electron chi connectivity index (χ3n) is 4.28. The predicted octanol–water partition coefficient (Wildman–Crippen LogP) is 3.38. The van der Waals surface area contributed by atoms with Crippen molar-refractivity contribution in [1.82, 2.24) is 10.2 Å². The molecular formula is C22H28N2O4. The molecule has 0 fully saturated rings. The van der Waals surface area contributed by atoms with Gasteiger partial charge in [0, 0.05) is 24.7 Å². The topological polar surface area (TPSA) is 67.9 Å². The van der Waals surface area contributed by atoms with Gasteiger partial charge in [0.25, 0.3) is 11.8 Å². The summed E-state index contributed by atoms with van der Waals surface area (Å²) >= 11 is 0. The number of nitrogens with zero attached hydrogens (tertiary/aromatic N) is 1. The molecule has 2 aromatic rings. The molecule has 2 aromatic carbocycles. The van der Waals surface area contributed by atoms with Crippen molar-refractivity contribution >= 4 is 11.8 Å². The summed E-state index contributed by atoms with van der Waals surface area (Å²) in [4.78, 5) is 26.5. The van der Waals surface area contributed by atoms with Crippen molar-refractivity contribution in [3.63, 3.8) is 0 Å². The molecule has 6 heteroatoms. The van der Waals surface area contributed by atoms with Crippen molar-refractivity contribution < 1.29 is 19.1 Å². The summed E-state index contributed by atoms with van der Waals surface area (Å²) in [5.41, 5.74) is 0.972. The number of rotatable bonds is 10. The van der Waals surface area contributed by atoms with Crippen LogP contribution < -0.4 is 14.8 Å². The van der Waals surface area contributed by atoms with Gasteiger partial charge in [-0.25, -0.2) is 0 Å². The molecule has 28 heavy (non-hydrogen) atoms. The maximum atomic E-state index is 12.5. The van der Waals surface area contributed by atoms with Crippen LogP contribution in [0.5, 0.6) is 11.5 Å². The molecule has 0 heterocycles. The average Bonchev–Trinajstić information content (AvgIpc) is 2.74. The highest BCUT2D eigenvalue weighted by atomic mass is 16.5. The molecule has 0 saturated heterocycles. The highest BCUT2D eigenvalue weighted by molar-refractivity contribution is 5.99. The van der Waals surface area contributed by atoms with Crippen molar-refractivity contribution in [2.24, 2.45) is 0 Å². The summed E-state index contributed by atoms with van der Waals surface area (Å²) in [6.07, 6.45) is 1.98. The van der Waals surface area contributed by atoms with Crippen molar-refractivity contribution in [1.29, 1.82) is 0 Å². The van der Waals surface area contributed by atoms with Gasteiger partial charge in [0.2, 0.25) is 0 Å². The maximum Gasteiger partial charge on any atom is 0.253 e. The Hall–Kier alpha value is -3.02. The van der Waals surface area contributed by atoms with Gasteiger partial charge in [-0.1, -0.05) is 19.4 Å². The Balaban J connectivity index is 1.84. The van der Waals surface area contributed by atoms with E-state index in [1.165, 1.54) is 0 Å². The fraction of sp³-hybridized carbons (Fsp3) is 0.364. The zero-order valence-electron chi connectivity index (χ0n) is 16.7. The van der Waals surface area contributed by atoms with Gasteiger partial charge in [-0.05, 0) is 48.9 Å². The molecule has 0 aliphatic carbocycles. The van der Waals surface area contributed by atoms with Gasteiger partial charge < -0.3 is 19.7 Å². The van der Waals surface area contributed by atoms with Crippen LogP contribution >= 0.6 is 0 Å². The number of amides is 2. The van der Waals surface area contributed by atoms with Gasteiger partial charge in [-0.3, -0.25) is 9.59 Å². The summed E-state index contributed by atoms with van der Waals surface area (Å²) < 4.78 is 10.7. The number of hydrogen-bond acceptors (Lipinski definition) is 4. The van der Waals surface area contributed by atoms with Crippen LogP contribution in [0.25, 0.3) is 0 Å². The number of nitrogens with one attached hydrogen (secondary N) is 1. The second-order valence-electron chi connectivity index (χ2n) is 6.44. The fourth-order valence-corrected chi connectivity index (χ4v) is 2.62. The molecule has 0 bridgehead atoms. The number of benzene rings is 2. The Kier molecular flexibility index (Phi) is 8.34. The summed E-state index contributed by atoms with van der Waals surface area (Å²) in [5, 5.41) is 2.81. The van der Waals surface area contributed by atoms with E-state index in [0.29, 0.717) is 36.6 Å². The van der Waals surface area contributed by atoms with E-state index in [4.69, 9.17) is 9.47 Å². The lowest BCUT2D eigenvalue weighted by Crippen LogP contribution is -2.29. The maximum absolute atomic E-state index is 12.5. The van der Waals surface area contributed by atoms with Gasteiger partial charge in [0.05, 0.1) is 13.7 Å². The minimum absolute atomic E-state index is 0.0778. The third kappa shape index (κ3) is 6.30. The van der Waals surface area contributed by atoms with Crippen LogP contribution in [-0.2, 0) is 0 Å². The number of methoxy groups -OCH3 is 1. The number of hydrogen-bond donors (Lipinski definition) is 1. The molecule has 0 spiro atoms. The lowest BCUT2D eigenvalue weighted by Gasteiger charge is -2.17. The largest absolute Gasteiger partial charge is 0.497 e. The molecule has 0 aliphatic heterocycles. The van der Waals surface area contributed by atoms with Crippen molar-refractivity contribution in [2.45, 2.75) is 19.8 Å². The zero-order valence-corrected chi connectivity index (χ0v) is 16.7. The summed E-state index contributed by atoms with van der Waals surface area (Å²) in [5.74, 6) is 1.16. The standard InChI is InChI=1S/C22H28N2O4/c1-4-5-14-24(2)22(26)18-8-6-7-17(16-18)21(25)23-13-15-28-20-11-9-19(27-3)10-12-20/h6-12,16H,4-5,13-15H2,1-3H3,(H,23,25). The monoisotopic (exact) mass is 384 g/mol. The highest BCUT2D eigenvalue weighted by Gasteiger charge is 2.13. The van der Waals surface area contributed by atoms with Crippen LogP contribution in [-0.4, -0.2) is 50.6 Å². The van der Waals surface area contributed by atoms with Gasteiger partial charge in [-0.15, -0.1) is 0 Å². The van der Waals surface area contributed by atoms with Gasteiger partial charge in [-0.2, -0.15) is 0 Å². The molecule has 6 nitrogen and oxygen atoms in total. The fourth-order valence-electron chi connectivity index (χ4n) is 2.62. The van der Waals surface area contributed by atoms with E-state index in [1.54, 1.807) is 43.3 Å². The Labute approximate surface area is 166 Å². The second-order valence-corrected chi connectivity index (χ2v) is 6.44. The van der Waals surface area contributed by atoms with Gasteiger partial charge in [0.1, 0.15) is 18.1 Å². The Bertz CT molecular complexity index is 774. The third-order valence-corrected chi connectivity index (χ3v) is 4.28. The SMILES string of the molecule is CCCCN(C)C(=O)c1cccc(C(=O)NCCOc2ccc(OC)cc2)c1. The quantitative estimate of drug-likeness (QED) is 0.638. The van der Waals surface area contributed by atoms with Crippen LogP contribution in [0.15, 0.2) is 48.5 Å². The summed E-state index contributed by atoms with van der Waals surface area (Å²) in [7, 11) is 3.39. The van der Waals surface area contributed by atoms with Gasteiger partial charge in [0.15, 0.2) is 0 Å². The molecule has 0 aliphatic rings. The van der Waals surface area contributed by atoms with Crippen molar-refractivity contribution in [3.8, 4) is 11.5 Å². The normalized spacial score (nSPS) is 10.2. The zero-order chi connectivity index (χ0) is 20.4. The van der Waals surface area contributed by atoms with Crippen LogP contribution in [0.1, 0.15) is 40.5 Å². The van der Waals surface area contributed by atoms with Gasteiger partial charge >= 0.3 is 0 Å². The molecular weight excluding hydrogens is 356 g/mol. The Morgan fingerprint density at radius 1 is 1.04 bits per heavy atom. The predicted molar refractivity (Wildman–Crippen MR) is 109 cm³/mol. The minimum atomic E-state index is -0.232. The lowest BCUT2D eigenvalue weighted by atomic mass is 10.1. The molecule has 0 aromatic heterocycles. The first-order chi connectivity index (χ1) is 13.5. The highest BCUT2D eigenvalue weighted by Crippen LogP contribution is 2.16. The van der Waals surface area contributed by atoms with E-state index in [2.05, 4.69) is 12.2 Å². The molecule has 2 rings (SSSR count). The average molecular weight is 384 g/mol. The molecule has 150 valence electrons. The van der Waals surface area contributed by atoms with Crippen LogP contribution in [0.4, 0.5) is 0 Å². The van der Waals surface area contributed by atoms with E-state index >= 15 is 0 Å². The number of ether oxygens (including phenoxy) is 2.